The van der Waals surface area contributed by atoms with Gasteiger partial charge in [0.25, 0.3) is 5.91 Å². The second kappa shape index (κ2) is 6.83. The van der Waals surface area contributed by atoms with Gasteiger partial charge in [-0.3, -0.25) is 4.79 Å². The first-order valence-electron chi connectivity index (χ1n) is 9.15. The number of aromatic nitrogens is 2. The van der Waals surface area contributed by atoms with E-state index in [2.05, 4.69) is 17.1 Å². The van der Waals surface area contributed by atoms with Crippen molar-refractivity contribution in [1.29, 1.82) is 0 Å². The standard InChI is InChI=1S/C21H23N3O2/c1-3-26-17-8-6-16(7-9-17)19-5-4-11-24(19)21(25)18-14-23-12-10-15(2)13-20(23)22-18/h6-10,12-14,19H,3-5,11H2,1-2H3/t19-/m0/s1. The first-order valence-corrected chi connectivity index (χ1v) is 9.15. The maximum Gasteiger partial charge on any atom is 0.274 e. The Labute approximate surface area is 153 Å². The van der Waals surface area contributed by atoms with Crippen LogP contribution in [-0.2, 0) is 0 Å². The number of imidazole rings is 1. The van der Waals surface area contributed by atoms with Gasteiger partial charge in [0, 0.05) is 18.9 Å². The van der Waals surface area contributed by atoms with Crippen LogP contribution in [0.2, 0.25) is 0 Å². The van der Waals surface area contributed by atoms with Gasteiger partial charge < -0.3 is 14.0 Å². The number of ether oxygens (including phenoxy) is 1. The fraction of sp³-hybridized carbons (Fsp3) is 0.333. The van der Waals surface area contributed by atoms with Crippen LogP contribution in [0.3, 0.4) is 0 Å². The molecule has 3 heterocycles. The fourth-order valence-electron chi connectivity index (χ4n) is 3.64. The minimum Gasteiger partial charge on any atom is -0.494 e. The normalized spacial score (nSPS) is 17.0. The van der Waals surface area contributed by atoms with Gasteiger partial charge in [-0.05, 0) is 62.1 Å². The molecule has 5 heteroatoms. The number of rotatable bonds is 4. The van der Waals surface area contributed by atoms with E-state index < -0.39 is 0 Å². The Balaban J connectivity index is 1.59. The summed E-state index contributed by atoms with van der Waals surface area (Å²) < 4.78 is 7.42. The highest BCUT2D eigenvalue weighted by Gasteiger charge is 2.31. The number of likely N-dealkylation sites (tertiary alicyclic amines) is 1. The van der Waals surface area contributed by atoms with E-state index in [0.717, 1.165) is 41.9 Å². The van der Waals surface area contributed by atoms with Crippen molar-refractivity contribution in [2.24, 2.45) is 0 Å². The monoisotopic (exact) mass is 349 g/mol. The van der Waals surface area contributed by atoms with Gasteiger partial charge in [0.2, 0.25) is 0 Å². The van der Waals surface area contributed by atoms with E-state index in [4.69, 9.17) is 4.74 Å². The maximum absolute atomic E-state index is 13.1. The second-order valence-electron chi connectivity index (χ2n) is 6.75. The summed E-state index contributed by atoms with van der Waals surface area (Å²) in [4.78, 5) is 19.6. The third-order valence-electron chi connectivity index (χ3n) is 4.92. The molecule has 0 saturated carbocycles. The van der Waals surface area contributed by atoms with Crippen molar-refractivity contribution in [3.8, 4) is 5.75 Å². The van der Waals surface area contributed by atoms with E-state index >= 15 is 0 Å². The molecular weight excluding hydrogens is 326 g/mol. The summed E-state index contributed by atoms with van der Waals surface area (Å²) >= 11 is 0. The number of aryl methyl sites for hydroxylation is 1. The number of benzene rings is 1. The molecule has 1 fully saturated rings. The van der Waals surface area contributed by atoms with Crippen LogP contribution in [0, 0.1) is 6.92 Å². The Kier molecular flexibility index (Phi) is 4.37. The van der Waals surface area contributed by atoms with Gasteiger partial charge in [-0.25, -0.2) is 4.98 Å². The molecular formula is C21H23N3O2. The lowest BCUT2D eigenvalue weighted by Gasteiger charge is -2.24. The molecule has 3 aromatic rings. The molecule has 1 aliphatic heterocycles. The van der Waals surface area contributed by atoms with Gasteiger partial charge in [-0.15, -0.1) is 0 Å². The summed E-state index contributed by atoms with van der Waals surface area (Å²) in [6, 6.07) is 12.2. The molecule has 5 nitrogen and oxygen atoms in total. The molecule has 1 atom stereocenters. The maximum atomic E-state index is 13.1. The average Bonchev–Trinajstić information content (AvgIpc) is 3.28. The number of carbonyl (C=O) groups is 1. The highest BCUT2D eigenvalue weighted by Crippen LogP contribution is 2.33. The van der Waals surface area contributed by atoms with Crippen molar-refractivity contribution in [2.75, 3.05) is 13.2 Å². The van der Waals surface area contributed by atoms with Crippen LogP contribution >= 0.6 is 0 Å². The summed E-state index contributed by atoms with van der Waals surface area (Å²) in [6.45, 7) is 5.42. The average molecular weight is 349 g/mol. The SMILES string of the molecule is CCOc1ccc([C@@H]2CCCN2C(=O)c2cn3ccc(C)cc3n2)cc1. The topological polar surface area (TPSA) is 46.8 Å². The lowest BCUT2D eigenvalue weighted by Crippen LogP contribution is -2.30. The minimum atomic E-state index is 0.00253. The van der Waals surface area contributed by atoms with Gasteiger partial charge in [-0.1, -0.05) is 12.1 Å². The summed E-state index contributed by atoms with van der Waals surface area (Å²) in [5.41, 5.74) is 3.60. The van der Waals surface area contributed by atoms with Crippen LogP contribution in [0.4, 0.5) is 0 Å². The molecule has 4 rings (SSSR count). The molecule has 1 saturated heterocycles. The van der Waals surface area contributed by atoms with E-state index in [1.807, 2.05) is 59.8 Å². The number of amides is 1. The van der Waals surface area contributed by atoms with Crippen molar-refractivity contribution in [3.63, 3.8) is 0 Å². The highest BCUT2D eigenvalue weighted by atomic mass is 16.5. The second-order valence-corrected chi connectivity index (χ2v) is 6.75. The molecule has 0 bridgehead atoms. The molecule has 0 radical (unpaired) electrons. The zero-order chi connectivity index (χ0) is 18.1. The highest BCUT2D eigenvalue weighted by molar-refractivity contribution is 5.93. The van der Waals surface area contributed by atoms with E-state index in [1.54, 1.807) is 0 Å². The lowest BCUT2D eigenvalue weighted by atomic mass is 10.0. The van der Waals surface area contributed by atoms with Crippen LogP contribution < -0.4 is 4.74 Å². The lowest BCUT2D eigenvalue weighted by molar-refractivity contribution is 0.0730. The van der Waals surface area contributed by atoms with Crippen molar-refractivity contribution >= 4 is 11.6 Å². The first-order chi connectivity index (χ1) is 12.7. The van der Waals surface area contributed by atoms with E-state index in [9.17, 15) is 4.79 Å². The fourth-order valence-corrected chi connectivity index (χ4v) is 3.64. The third-order valence-corrected chi connectivity index (χ3v) is 4.92. The zero-order valence-electron chi connectivity index (χ0n) is 15.2. The minimum absolute atomic E-state index is 0.00253. The molecule has 1 aromatic carbocycles. The smallest absolute Gasteiger partial charge is 0.274 e. The number of pyridine rings is 1. The summed E-state index contributed by atoms with van der Waals surface area (Å²) in [5, 5.41) is 0. The van der Waals surface area contributed by atoms with Gasteiger partial charge in [0.1, 0.15) is 17.1 Å². The Bertz CT molecular complexity index is 930. The number of nitrogens with zero attached hydrogens (tertiary/aromatic N) is 3. The van der Waals surface area contributed by atoms with E-state index in [-0.39, 0.29) is 11.9 Å². The van der Waals surface area contributed by atoms with E-state index in [0.29, 0.717) is 12.3 Å². The molecule has 134 valence electrons. The Morgan fingerprint density at radius 2 is 2.08 bits per heavy atom. The molecule has 0 N–H and O–H groups in total. The Morgan fingerprint density at radius 3 is 2.85 bits per heavy atom. The van der Waals surface area contributed by atoms with Gasteiger partial charge in [0.05, 0.1) is 12.6 Å². The van der Waals surface area contributed by atoms with Crippen LogP contribution in [0.25, 0.3) is 5.65 Å². The zero-order valence-corrected chi connectivity index (χ0v) is 15.2. The Morgan fingerprint density at radius 1 is 1.27 bits per heavy atom. The molecule has 26 heavy (non-hydrogen) atoms. The van der Waals surface area contributed by atoms with Crippen molar-refractivity contribution in [2.45, 2.75) is 32.7 Å². The van der Waals surface area contributed by atoms with Crippen LogP contribution in [0.5, 0.6) is 5.75 Å². The van der Waals surface area contributed by atoms with Crippen LogP contribution in [0.1, 0.15) is 47.4 Å². The van der Waals surface area contributed by atoms with Gasteiger partial charge in [0.15, 0.2) is 0 Å². The number of fused-ring (bicyclic) bond motifs is 1. The van der Waals surface area contributed by atoms with Crippen molar-refractivity contribution < 1.29 is 9.53 Å². The molecule has 0 unspecified atom stereocenters. The Hall–Kier alpha value is -2.82. The summed E-state index contributed by atoms with van der Waals surface area (Å²) in [5.74, 6) is 0.866. The van der Waals surface area contributed by atoms with Crippen LogP contribution in [0.15, 0.2) is 48.8 Å². The van der Waals surface area contributed by atoms with Crippen molar-refractivity contribution in [3.05, 3.63) is 65.6 Å². The molecule has 0 spiro atoms. The molecule has 1 amide bonds. The van der Waals surface area contributed by atoms with Gasteiger partial charge >= 0.3 is 0 Å². The van der Waals surface area contributed by atoms with Gasteiger partial charge in [-0.2, -0.15) is 0 Å². The van der Waals surface area contributed by atoms with E-state index in [1.165, 1.54) is 0 Å². The van der Waals surface area contributed by atoms with Crippen LogP contribution in [-0.4, -0.2) is 33.3 Å². The molecule has 1 aliphatic rings. The quantitative estimate of drug-likeness (QED) is 0.715. The summed E-state index contributed by atoms with van der Waals surface area (Å²) in [6.07, 6.45) is 5.76. The predicted molar refractivity (Wildman–Crippen MR) is 101 cm³/mol. The summed E-state index contributed by atoms with van der Waals surface area (Å²) in [7, 11) is 0. The number of carbonyl (C=O) groups excluding carboxylic acids is 1. The van der Waals surface area contributed by atoms with Crippen molar-refractivity contribution in [1.82, 2.24) is 14.3 Å². The first kappa shape index (κ1) is 16.6. The predicted octanol–water partition coefficient (Wildman–Crippen LogP) is 4.02. The third kappa shape index (κ3) is 3.05. The molecule has 0 aliphatic carbocycles. The largest absolute Gasteiger partial charge is 0.494 e. The number of hydrogen-bond donors (Lipinski definition) is 0. The number of hydrogen-bond acceptors (Lipinski definition) is 3. The molecule has 2 aromatic heterocycles.